The second-order valence-electron chi connectivity index (χ2n) is 7.01. The molecule has 0 aromatic carbocycles. The molecule has 1 saturated heterocycles. The van der Waals surface area contributed by atoms with Gasteiger partial charge in [-0.25, -0.2) is 14.6 Å². The van der Waals surface area contributed by atoms with E-state index in [-0.39, 0.29) is 5.92 Å². The van der Waals surface area contributed by atoms with E-state index in [0.29, 0.717) is 24.8 Å². The van der Waals surface area contributed by atoms with Crippen LogP contribution in [-0.4, -0.2) is 42.7 Å². The number of piperidine rings is 1. The van der Waals surface area contributed by atoms with Gasteiger partial charge in [-0.3, -0.25) is 4.90 Å². The van der Waals surface area contributed by atoms with E-state index in [4.69, 9.17) is 0 Å². The van der Waals surface area contributed by atoms with Gasteiger partial charge in [0, 0.05) is 19.0 Å². The Balaban J connectivity index is 1.65. The Bertz CT molecular complexity index is 690. The van der Waals surface area contributed by atoms with Gasteiger partial charge in [-0.1, -0.05) is 13.8 Å². The Kier molecular flexibility index (Phi) is 5.12. The lowest BCUT2D eigenvalue weighted by Crippen LogP contribution is -2.35. The fourth-order valence-corrected chi connectivity index (χ4v) is 3.22. The molecule has 1 aliphatic heterocycles. The van der Waals surface area contributed by atoms with Crippen LogP contribution < -0.4 is 0 Å². The number of aromatic nitrogens is 5. The Labute approximate surface area is 144 Å². The van der Waals surface area contributed by atoms with Crippen LogP contribution in [0.2, 0.25) is 0 Å². The number of alkyl halides is 3. The number of halogens is 3. The highest BCUT2D eigenvalue weighted by Crippen LogP contribution is 2.31. The summed E-state index contributed by atoms with van der Waals surface area (Å²) in [7, 11) is 0. The third-order valence-electron chi connectivity index (χ3n) is 4.39. The fraction of sp³-hybridized carbons (Fsp3) is 0.688. The van der Waals surface area contributed by atoms with E-state index in [1.807, 2.05) is 4.68 Å². The molecule has 1 atom stereocenters. The average Bonchev–Trinajstić information content (AvgIpc) is 3.17. The summed E-state index contributed by atoms with van der Waals surface area (Å²) in [5.41, 5.74) is -0.781. The van der Waals surface area contributed by atoms with Gasteiger partial charge in [-0.05, 0) is 25.3 Å². The molecular formula is C16H23F3N6. The number of likely N-dealkylation sites (tertiary alicyclic amines) is 1. The number of rotatable bonds is 5. The van der Waals surface area contributed by atoms with Crippen molar-refractivity contribution in [3.05, 3.63) is 29.9 Å². The van der Waals surface area contributed by atoms with E-state index in [1.54, 1.807) is 6.33 Å². The zero-order valence-electron chi connectivity index (χ0n) is 14.4. The van der Waals surface area contributed by atoms with Crippen molar-refractivity contribution in [3.8, 4) is 0 Å². The maximum absolute atomic E-state index is 12.7. The van der Waals surface area contributed by atoms with Gasteiger partial charge in [-0.2, -0.15) is 18.3 Å². The number of H-pyrrole nitrogens is 1. The SMILES string of the molecule is CC(C)Cn1ncnc1CN1CCC[C@H](c2ncc(C(F)(F)F)[nH]2)C1. The fourth-order valence-electron chi connectivity index (χ4n) is 3.22. The van der Waals surface area contributed by atoms with Gasteiger partial charge in [0.1, 0.15) is 23.7 Å². The zero-order chi connectivity index (χ0) is 18.0. The van der Waals surface area contributed by atoms with Crippen molar-refractivity contribution in [2.75, 3.05) is 13.1 Å². The molecule has 2 aromatic heterocycles. The number of nitrogens with zero attached hydrogens (tertiary/aromatic N) is 5. The zero-order valence-corrected chi connectivity index (χ0v) is 14.4. The summed E-state index contributed by atoms with van der Waals surface area (Å²) < 4.78 is 40.1. The lowest BCUT2D eigenvalue weighted by molar-refractivity contribution is -0.141. The highest BCUT2D eigenvalue weighted by molar-refractivity contribution is 5.09. The number of imidazole rings is 1. The number of aromatic amines is 1. The van der Waals surface area contributed by atoms with Crippen LogP contribution in [0.3, 0.4) is 0 Å². The molecule has 0 saturated carbocycles. The van der Waals surface area contributed by atoms with Crippen LogP contribution in [0.1, 0.15) is 49.9 Å². The highest BCUT2D eigenvalue weighted by atomic mass is 19.4. The van der Waals surface area contributed by atoms with Crippen LogP contribution in [0.15, 0.2) is 12.5 Å². The third kappa shape index (κ3) is 4.39. The molecule has 1 N–H and O–H groups in total. The minimum atomic E-state index is -4.38. The molecule has 3 heterocycles. The largest absolute Gasteiger partial charge is 0.432 e. The van der Waals surface area contributed by atoms with Crippen LogP contribution in [0.4, 0.5) is 13.2 Å². The average molecular weight is 356 g/mol. The van der Waals surface area contributed by atoms with Gasteiger partial charge in [0.2, 0.25) is 0 Å². The standard InChI is InChI=1S/C16H23F3N6/c1-11(2)7-25-14(21-10-22-25)9-24-5-3-4-12(8-24)15-20-6-13(23-15)16(17,18)19/h6,10-12H,3-5,7-9H2,1-2H3,(H,20,23)/t12-/m0/s1. The topological polar surface area (TPSA) is 62.6 Å². The first-order valence-electron chi connectivity index (χ1n) is 8.54. The molecule has 25 heavy (non-hydrogen) atoms. The number of hydrogen-bond acceptors (Lipinski definition) is 4. The lowest BCUT2D eigenvalue weighted by atomic mass is 9.97. The number of nitrogens with one attached hydrogen (secondary N) is 1. The second kappa shape index (κ2) is 7.15. The first-order valence-corrected chi connectivity index (χ1v) is 8.54. The molecule has 0 unspecified atom stereocenters. The molecular weight excluding hydrogens is 333 g/mol. The van der Waals surface area contributed by atoms with Crippen molar-refractivity contribution < 1.29 is 13.2 Å². The molecule has 1 aliphatic rings. The Morgan fingerprint density at radius 3 is 2.80 bits per heavy atom. The Hall–Kier alpha value is -1.90. The maximum Gasteiger partial charge on any atom is 0.432 e. The monoisotopic (exact) mass is 356 g/mol. The van der Waals surface area contributed by atoms with Gasteiger partial charge in [-0.15, -0.1) is 0 Å². The van der Waals surface area contributed by atoms with E-state index < -0.39 is 11.9 Å². The minimum absolute atomic E-state index is 0.0219. The highest BCUT2D eigenvalue weighted by Gasteiger charge is 2.34. The second-order valence-corrected chi connectivity index (χ2v) is 7.01. The normalized spacial score (nSPS) is 19.7. The molecule has 138 valence electrons. The van der Waals surface area contributed by atoms with E-state index in [2.05, 4.69) is 38.8 Å². The van der Waals surface area contributed by atoms with E-state index in [0.717, 1.165) is 38.0 Å². The predicted molar refractivity (Wildman–Crippen MR) is 85.7 cm³/mol. The maximum atomic E-state index is 12.7. The van der Waals surface area contributed by atoms with Gasteiger partial charge in [0.25, 0.3) is 0 Å². The van der Waals surface area contributed by atoms with Crippen LogP contribution in [0, 0.1) is 5.92 Å². The summed E-state index contributed by atoms with van der Waals surface area (Å²) in [5, 5.41) is 4.26. The van der Waals surface area contributed by atoms with Gasteiger partial charge in [0.15, 0.2) is 0 Å². The summed E-state index contributed by atoms with van der Waals surface area (Å²) in [6.07, 6.45) is -0.188. The van der Waals surface area contributed by atoms with E-state index in [9.17, 15) is 13.2 Å². The smallest absolute Gasteiger partial charge is 0.338 e. The molecule has 9 heteroatoms. The Morgan fingerprint density at radius 2 is 2.12 bits per heavy atom. The first kappa shape index (κ1) is 17.9. The molecule has 1 fully saturated rings. The summed E-state index contributed by atoms with van der Waals surface area (Å²) >= 11 is 0. The third-order valence-corrected chi connectivity index (χ3v) is 4.39. The summed E-state index contributed by atoms with van der Waals surface area (Å²) in [6, 6.07) is 0. The molecule has 0 bridgehead atoms. The van der Waals surface area contributed by atoms with Crippen LogP contribution in [0.25, 0.3) is 0 Å². The van der Waals surface area contributed by atoms with Crippen molar-refractivity contribution in [2.24, 2.45) is 5.92 Å². The quantitative estimate of drug-likeness (QED) is 0.894. The van der Waals surface area contributed by atoms with Crippen molar-refractivity contribution in [1.29, 1.82) is 0 Å². The molecule has 0 spiro atoms. The van der Waals surface area contributed by atoms with E-state index >= 15 is 0 Å². The lowest BCUT2D eigenvalue weighted by Gasteiger charge is -2.31. The minimum Gasteiger partial charge on any atom is -0.338 e. The van der Waals surface area contributed by atoms with Gasteiger partial charge < -0.3 is 4.98 Å². The van der Waals surface area contributed by atoms with Crippen molar-refractivity contribution in [3.63, 3.8) is 0 Å². The van der Waals surface area contributed by atoms with Crippen LogP contribution in [-0.2, 0) is 19.3 Å². The van der Waals surface area contributed by atoms with Gasteiger partial charge >= 0.3 is 6.18 Å². The summed E-state index contributed by atoms with van der Waals surface area (Å²) in [4.78, 5) is 13.0. The van der Waals surface area contributed by atoms with Crippen molar-refractivity contribution >= 4 is 0 Å². The van der Waals surface area contributed by atoms with Crippen LogP contribution >= 0.6 is 0 Å². The van der Waals surface area contributed by atoms with Gasteiger partial charge in [0.05, 0.1) is 12.7 Å². The molecule has 0 amide bonds. The van der Waals surface area contributed by atoms with Crippen LogP contribution in [0.5, 0.6) is 0 Å². The summed E-state index contributed by atoms with van der Waals surface area (Å²) in [6.45, 7) is 7.27. The van der Waals surface area contributed by atoms with Crippen molar-refractivity contribution in [1.82, 2.24) is 29.6 Å². The molecule has 3 rings (SSSR count). The molecule has 0 radical (unpaired) electrons. The van der Waals surface area contributed by atoms with E-state index in [1.165, 1.54) is 0 Å². The number of hydrogen-bond donors (Lipinski definition) is 1. The molecule has 0 aliphatic carbocycles. The van der Waals surface area contributed by atoms with Crippen molar-refractivity contribution in [2.45, 2.75) is 51.9 Å². The summed E-state index contributed by atoms with van der Waals surface area (Å²) in [5.74, 6) is 1.76. The first-order chi connectivity index (χ1) is 11.8. The Morgan fingerprint density at radius 1 is 1.32 bits per heavy atom. The molecule has 6 nitrogen and oxygen atoms in total. The molecule has 2 aromatic rings. The predicted octanol–water partition coefficient (Wildman–Crippen LogP) is 3.06.